The summed E-state index contributed by atoms with van der Waals surface area (Å²) < 4.78 is 9.81. The molecule has 0 bridgehead atoms. The van der Waals surface area contributed by atoms with Gasteiger partial charge in [-0.1, -0.05) is 6.08 Å². The Labute approximate surface area is 129 Å². The Kier molecular flexibility index (Phi) is 4.83. The molecule has 1 N–H and O–H groups in total. The zero-order valence-electron chi connectivity index (χ0n) is 12.7. The normalized spacial score (nSPS) is 16.3. The van der Waals surface area contributed by atoms with E-state index in [1.54, 1.807) is 18.2 Å². The number of hydrogen-bond acceptors (Lipinski definition) is 5. The van der Waals surface area contributed by atoms with E-state index in [9.17, 15) is 9.59 Å². The van der Waals surface area contributed by atoms with E-state index in [1.165, 1.54) is 20.1 Å². The molecule has 1 amide bonds. The topological polar surface area (TPSA) is 67.9 Å². The molecule has 1 aromatic carbocycles. The number of anilines is 1. The second kappa shape index (κ2) is 6.80. The first kappa shape index (κ1) is 15.6. The smallest absolute Gasteiger partial charge is 0.331 e. The van der Waals surface area contributed by atoms with Gasteiger partial charge in [-0.3, -0.25) is 4.79 Å². The molecular formula is C16H18N2O4. The Bertz CT molecular complexity index is 637. The lowest BCUT2D eigenvalue weighted by Crippen LogP contribution is -2.45. The molecule has 1 heterocycles. The molecule has 22 heavy (non-hydrogen) atoms. The third-order valence-electron chi connectivity index (χ3n) is 3.19. The average Bonchev–Trinajstić information content (AvgIpc) is 2.52. The summed E-state index contributed by atoms with van der Waals surface area (Å²) in [6.45, 7) is 1.44. The number of methoxy groups -OCH3 is 2. The van der Waals surface area contributed by atoms with E-state index in [2.05, 4.69) is 10.1 Å². The van der Waals surface area contributed by atoms with Crippen molar-refractivity contribution in [1.29, 1.82) is 0 Å². The predicted molar refractivity (Wildman–Crippen MR) is 83.3 cm³/mol. The van der Waals surface area contributed by atoms with Gasteiger partial charge in [0.2, 0.25) is 5.91 Å². The number of esters is 1. The second-order valence-electron chi connectivity index (χ2n) is 4.68. The maximum Gasteiger partial charge on any atom is 0.331 e. The molecule has 1 atom stereocenters. The van der Waals surface area contributed by atoms with Crippen molar-refractivity contribution in [3.63, 3.8) is 0 Å². The number of carbonyl (C=O) groups is 2. The number of nitrogens with one attached hydrogen (secondary N) is 1. The SMILES string of the molecule is COC(=O)/C=C/N1c2ccc(OC)cc2C=CC1NC(C)=O. The van der Waals surface area contributed by atoms with E-state index in [-0.39, 0.29) is 12.1 Å². The Morgan fingerprint density at radius 2 is 2.09 bits per heavy atom. The molecule has 6 nitrogen and oxygen atoms in total. The summed E-state index contributed by atoms with van der Waals surface area (Å²) in [5, 5.41) is 2.81. The summed E-state index contributed by atoms with van der Waals surface area (Å²) in [5.74, 6) is 0.104. The van der Waals surface area contributed by atoms with Gasteiger partial charge in [-0.25, -0.2) is 4.79 Å². The van der Waals surface area contributed by atoms with E-state index < -0.39 is 5.97 Å². The lowest BCUT2D eigenvalue weighted by atomic mass is 10.1. The second-order valence-corrected chi connectivity index (χ2v) is 4.68. The van der Waals surface area contributed by atoms with Gasteiger partial charge in [-0.15, -0.1) is 0 Å². The minimum atomic E-state index is -0.466. The molecule has 1 aromatic rings. The molecule has 0 fully saturated rings. The fraction of sp³-hybridized carbons (Fsp3) is 0.250. The van der Waals surface area contributed by atoms with Crippen molar-refractivity contribution in [3.05, 3.63) is 42.1 Å². The lowest BCUT2D eigenvalue weighted by Gasteiger charge is -2.33. The van der Waals surface area contributed by atoms with Crippen LogP contribution in [0.5, 0.6) is 5.75 Å². The molecule has 1 aliphatic heterocycles. The van der Waals surface area contributed by atoms with E-state index in [4.69, 9.17) is 4.74 Å². The van der Waals surface area contributed by atoms with Crippen molar-refractivity contribution < 1.29 is 19.1 Å². The number of fused-ring (bicyclic) bond motifs is 1. The maximum absolute atomic E-state index is 11.4. The van der Waals surface area contributed by atoms with Crippen LogP contribution in [0.2, 0.25) is 0 Å². The monoisotopic (exact) mass is 302 g/mol. The zero-order chi connectivity index (χ0) is 16.1. The van der Waals surface area contributed by atoms with Crippen LogP contribution < -0.4 is 15.0 Å². The van der Waals surface area contributed by atoms with Crippen LogP contribution >= 0.6 is 0 Å². The van der Waals surface area contributed by atoms with Crippen LogP contribution in [-0.2, 0) is 14.3 Å². The maximum atomic E-state index is 11.4. The molecule has 0 radical (unpaired) electrons. The largest absolute Gasteiger partial charge is 0.497 e. The lowest BCUT2D eigenvalue weighted by molar-refractivity contribution is -0.134. The number of amides is 1. The molecule has 2 rings (SSSR count). The first-order valence-corrected chi connectivity index (χ1v) is 6.73. The molecule has 6 heteroatoms. The van der Waals surface area contributed by atoms with Gasteiger partial charge in [0.05, 0.1) is 19.9 Å². The molecular weight excluding hydrogens is 284 g/mol. The van der Waals surface area contributed by atoms with E-state index in [0.29, 0.717) is 0 Å². The van der Waals surface area contributed by atoms with Gasteiger partial charge in [-0.05, 0) is 24.3 Å². The molecule has 0 aliphatic carbocycles. The number of ether oxygens (including phenoxy) is 2. The van der Waals surface area contributed by atoms with Crippen LogP contribution in [0.4, 0.5) is 5.69 Å². The van der Waals surface area contributed by atoms with Crippen molar-refractivity contribution in [3.8, 4) is 5.75 Å². The van der Waals surface area contributed by atoms with Crippen molar-refractivity contribution >= 4 is 23.6 Å². The van der Waals surface area contributed by atoms with Gasteiger partial charge < -0.3 is 19.7 Å². The van der Waals surface area contributed by atoms with Crippen LogP contribution in [0.3, 0.4) is 0 Å². The molecule has 0 saturated carbocycles. The summed E-state index contributed by atoms with van der Waals surface area (Å²) in [6.07, 6.45) is 6.26. The highest BCUT2D eigenvalue weighted by molar-refractivity contribution is 5.84. The van der Waals surface area contributed by atoms with Gasteiger partial charge in [0, 0.05) is 24.8 Å². The number of benzene rings is 1. The number of rotatable bonds is 4. The summed E-state index contributed by atoms with van der Waals surface area (Å²) in [5.41, 5.74) is 1.78. The molecule has 0 aromatic heterocycles. The van der Waals surface area contributed by atoms with Crippen LogP contribution in [0.1, 0.15) is 12.5 Å². The molecule has 0 spiro atoms. The van der Waals surface area contributed by atoms with Crippen molar-refractivity contribution in [1.82, 2.24) is 5.32 Å². The highest BCUT2D eigenvalue weighted by atomic mass is 16.5. The van der Waals surface area contributed by atoms with Crippen molar-refractivity contribution in [2.45, 2.75) is 13.1 Å². The van der Waals surface area contributed by atoms with E-state index in [0.717, 1.165) is 17.0 Å². The number of nitrogens with zero attached hydrogens (tertiary/aromatic N) is 1. The minimum Gasteiger partial charge on any atom is -0.497 e. The Hall–Kier alpha value is -2.76. The molecule has 1 aliphatic rings. The molecule has 1 unspecified atom stereocenters. The summed E-state index contributed by atoms with van der Waals surface area (Å²) >= 11 is 0. The van der Waals surface area contributed by atoms with Gasteiger partial charge in [0.1, 0.15) is 11.9 Å². The highest BCUT2D eigenvalue weighted by Crippen LogP contribution is 2.31. The Morgan fingerprint density at radius 1 is 1.32 bits per heavy atom. The Balaban J connectivity index is 2.38. The van der Waals surface area contributed by atoms with Crippen LogP contribution in [0, 0.1) is 0 Å². The quantitative estimate of drug-likeness (QED) is 0.677. The first-order chi connectivity index (χ1) is 10.5. The molecule has 116 valence electrons. The van der Waals surface area contributed by atoms with Crippen LogP contribution in [0.15, 0.2) is 36.6 Å². The van der Waals surface area contributed by atoms with E-state index in [1.807, 2.05) is 30.4 Å². The first-order valence-electron chi connectivity index (χ1n) is 6.73. The van der Waals surface area contributed by atoms with Crippen molar-refractivity contribution in [2.24, 2.45) is 0 Å². The van der Waals surface area contributed by atoms with Crippen molar-refractivity contribution in [2.75, 3.05) is 19.1 Å². The zero-order valence-corrected chi connectivity index (χ0v) is 12.7. The van der Waals surface area contributed by atoms with Gasteiger partial charge in [-0.2, -0.15) is 0 Å². The summed E-state index contributed by atoms with van der Waals surface area (Å²) in [7, 11) is 2.91. The standard InChI is InChI=1S/C16H18N2O4/c1-11(19)17-15-7-4-12-10-13(21-2)5-6-14(12)18(15)9-8-16(20)22-3/h4-10,15H,1-3H3,(H,17,19)/b9-8+. The van der Waals surface area contributed by atoms with Crippen LogP contribution in [0.25, 0.3) is 6.08 Å². The number of hydrogen-bond donors (Lipinski definition) is 1. The molecule has 0 saturated heterocycles. The number of carbonyl (C=O) groups excluding carboxylic acids is 2. The van der Waals surface area contributed by atoms with Gasteiger partial charge in [0.15, 0.2) is 0 Å². The fourth-order valence-electron chi connectivity index (χ4n) is 2.17. The summed E-state index contributed by atoms with van der Waals surface area (Å²) in [4.78, 5) is 24.5. The van der Waals surface area contributed by atoms with Gasteiger partial charge >= 0.3 is 5.97 Å². The predicted octanol–water partition coefficient (Wildman–Crippen LogP) is 1.68. The van der Waals surface area contributed by atoms with E-state index >= 15 is 0 Å². The van der Waals surface area contributed by atoms with Crippen LogP contribution in [-0.4, -0.2) is 32.3 Å². The highest BCUT2D eigenvalue weighted by Gasteiger charge is 2.22. The third-order valence-corrected chi connectivity index (χ3v) is 3.19. The summed E-state index contributed by atoms with van der Waals surface area (Å²) in [6, 6.07) is 5.57. The fourth-order valence-corrected chi connectivity index (χ4v) is 2.17. The Morgan fingerprint density at radius 3 is 2.73 bits per heavy atom. The average molecular weight is 302 g/mol. The third kappa shape index (κ3) is 3.46. The van der Waals surface area contributed by atoms with Gasteiger partial charge in [0.25, 0.3) is 0 Å². The minimum absolute atomic E-state index is 0.164.